The molecule has 1 heterocycles. The van der Waals surface area contributed by atoms with Crippen LogP contribution in [0.4, 0.5) is 4.39 Å². The predicted octanol–water partition coefficient (Wildman–Crippen LogP) is 2.22. The molecule has 3 atom stereocenters. The highest BCUT2D eigenvalue weighted by molar-refractivity contribution is 5.07. The van der Waals surface area contributed by atoms with Gasteiger partial charge in [0.05, 0.1) is 0 Å². The SMILES string of the molecule is CC(C)N1CCCCC2[C@@H]1[C@H]2F. The van der Waals surface area contributed by atoms with E-state index in [-0.39, 0.29) is 6.04 Å². The molecule has 0 amide bonds. The fraction of sp³-hybridized carbons (Fsp3) is 1.00. The van der Waals surface area contributed by atoms with E-state index in [4.69, 9.17) is 0 Å². The van der Waals surface area contributed by atoms with Gasteiger partial charge in [0.15, 0.2) is 0 Å². The van der Waals surface area contributed by atoms with E-state index in [1.807, 2.05) is 0 Å². The number of hydrogen-bond donors (Lipinski definition) is 0. The van der Waals surface area contributed by atoms with Gasteiger partial charge >= 0.3 is 0 Å². The number of nitrogens with zero attached hydrogens (tertiary/aromatic N) is 1. The zero-order chi connectivity index (χ0) is 8.72. The molecular weight excluding hydrogens is 153 g/mol. The average molecular weight is 171 g/mol. The zero-order valence-electron chi connectivity index (χ0n) is 7.96. The number of rotatable bonds is 1. The van der Waals surface area contributed by atoms with E-state index < -0.39 is 6.17 Å². The van der Waals surface area contributed by atoms with Crippen LogP contribution in [0.2, 0.25) is 0 Å². The van der Waals surface area contributed by atoms with Gasteiger partial charge in [0, 0.05) is 18.0 Å². The highest BCUT2D eigenvalue weighted by Crippen LogP contribution is 2.45. The Morgan fingerprint density at radius 2 is 2.08 bits per heavy atom. The molecule has 70 valence electrons. The molecule has 0 radical (unpaired) electrons. The lowest BCUT2D eigenvalue weighted by Crippen LogP contribution is -2.35. The Balaban J connectivity index is 2.02. The Kier molecular flexibility index (Phi) is 2.11. The second-order valence-electron chi connectivity index (χ2n) is 4.43. The lowest BCUT2D eigenvalue weighted by molar-refractivity contribution is 0.192. The van der Waals surface area contributed by atoms with E-state index >= 15 is 0 Å². The van der Waals surface area contributed by atoms with Gasteiger partial charge < -0.3 is 0 Å². The molecule has 2 rings (SSSR count). The van der Waals surface area contributed by atoms with Crippen LogP contribution in [0.3, 0.4) is 0 Å². The van der Waals surface area contributed by atoms with Gasteiger partial charge in [0.1, 0.15) is 6.17 Å². The zero-order valence-corrected chi connectivity index (χ0v) is 7.96. The standard InChI is InChI=1S/C10H18FN/c1-7(2)12-6-4-3-5-8-9(11)10(8)12/h7-10H,3-6H2,1-2H3/t8?,9-,10+/m0/s1. The Bertz CT molecular complexity index is 169. The van der Waals surface area contributed by atoms with Crippen LogP contribution in [-0.2, 0) is 0 Å². The Morgan fingerprint density at radius 3 is 2.75 bits per heavy atom. The lowest BCUT2D eigenvalue weighted by atomic mass is 10.2. The maximum absolute atomic E-state index is 13.2. The molecule has 1 nitrogen and oxygen atoms in total. The smallest absolute Gasteiger partial charge is 0.120 e. The quantitative estimate of drug-likeness (QED) is 0.584. The third kappa shape index (κ3) is 1.26. The molecule has 0 spiro atoms. The van der Waals surface area contributed by atoms with Crippen molar-refractivity contribution in [2.24, 2.45) is 5.92 Å². The maximum atomic E-state index is 13.2. The molecular formula is C10H18FN. The largest absolute Gasteiger partial charge is 0.295 e. The molecule has 2 heteroatoms. The van der Waals surface area contributed by atoms with Crippen molar-refractivity contribution in [2.75, 3.05) is 6.54 Å². The van der Waals surface area contributed by atoms with Crippen LogP contribution in [0, 0.1) is 5.92 Å². The normalized spacial score (nSPS) is 42.5. The third-order valence-electron chi connectivity index (χ3n) is 3.28. The topological polar surface area (TPSA) is 3.24 Å². The molecule has 0 aromatic rings. The number of fused-ring (bicyclic) bond motifs is 1. The highest BCUT2D eigenvalue weighted by Gasteiger charge is 2.54. The molecule has 2 aliphatic rings. The Hall–Kier alpha value is -0.110. The van der Waals surface area contributed by atoms with E-state index in [0.717, 1.165) is 13.0 Å². The van der Waals surface area contributed by atoms with Gasteiger partial charge in [-0.2, -0.15) is 0 Å². The minimum Gasteiger partial charge on any atom is -0.295 e. The van der Waals surface area contributed by atoms with Crippen molar-refractivity contribution in [1.29, 1.82) is 0 Å². The fourth-order valence-electron chi connectivity index (χ4n) is 2.50. The summed E-state index contributed by atoms with van der Waals surface area (Å²) in [6.07, 6.45) is 3.10. The minimum absolute atomic E-state index is 0.285. The van der Waals surface area contributed by atoms with E-state index in [9.17, 15) is 4.39 Å². The first-order valence-electron chi connectivity index (χ1n) is 5.11. The van der Waals surface area contributed by atoms with Gasteiger partial charge in [-0.1, -0.05) is 6.42 Å². The molecule has 2 fully saturated rings. The number of halogens is 1. The van der Waals surface area contributed by atoms with Crippen molar-refractivity contribution in [1.82, 2.24) is 4.90 Å². The van der Waals surface area contributed by atoms with Crippen molar-refractivity contribution < 1.29 is 4.39 Å². The van der Waals surface area contributed by atoms with Gasteiger partial charge in [-0.3, -0.25) is 4.90 Å². The van der Waals surface area contributed by atoms with Crippen LogP contribution >= 0.6 is 0 Å². The summed E-state index contributed by atoms with van der Waals surface area (Å²) in [4.78, 5) is 2.35. The first kappa shape index (κ1) is 8.49. The van der Waals surface area contributed by atoms with E-state index in [0.29, 0.717) is 12.0 Å². The maximum Gasteiger partial charge on any atom is 0.120 e. The molecule has 0 N–H and O–H groups in total. The number of hydrogen-bond acceptors (Lipinski definition) is 1. The first-order valence-corrected chi connectivity index (χ1v) is 5.11. The van der Waals surface area contributed by atoms with Gasteiger partial charge in [0.2, 0.25) is 0 Å². The molecule has 0 bridgehead atoms. The van der Waals surface area contributed by atoms with E-state index in [1.165, 1.54) is 12.8 Å². The lowest BCUT2D eigenvalue weighted by Gasteiger charge is -2.25. The predicted molar refractivity (Wildman–Crippen MR) is 47.9 cm³/mol. The van der Waals surface area contributed by atoms with Crippen molar-refractivity contribution >= 4 is 0 Å². The summed E-state index contributed by atoms with van der Waals surface area (Å²) in [6.45, 7) is 5.46. The molecule has 0 aromatic heterocycles. The average Bonchev–Trinajstić information content (AvgIpc) is 2.67. The van der Waals surface area contributed by atoms with Crippen LogP contribution in [0.25, 0.3) is 0 Å². The monoisotopic (exact) mass is 171 g/mol. The van der Waals surface area contributed by atoms with Crippen LogP contribution in [0.5, 0.6) is 0 Å². The van der Waals surface area contributed by atoms with E-state index in [2.05, 4.69) is 18.7 Å². The Labute approximate surface area is 73.9 Å². The fourth-order valence-corrected chi connectivity index (χ4v) is 2.50. The first-order chi connectivity index (χ1) is 5.72. The molecule has 12 heavy (non-hydrogen) atoms. The Morgan fingerprint density at radius 1 is 1.33 bits per heavy atom. The van der Waals surface area contributed by atoms with Crippen LogP contribution < -0.4 is 0 Å². The van der Waals surface area contributed by atoms with Crippen molar-refractivity contribution in [3.8, 4) is 0 Å². The van der Waals surface area contributed by atoms with Crippen molar-refractivity contribution in [3.05, 3.63) is 0 Å². The summed E-state index contributed by atoms with van der Waals surface area (Å²) in [5.41, 5.74) is 0. The third-order valence-corrected chi connectivity index (χ3v) is 3.28. The summed E-state index contributed by atoms with van der Waals surface area (Å²) in [5.74, 6) is 0.384. The number of alkyl halides is 1. The number of likely N-dealkylation sites (tertiary alicyclic amines) is 1. The second-order valence-corrected chi connectivity index (χ2v) is 4.43. The van der Waals surface area contributed by atoms with Gasteiger partial charge in [-0.05, 0) is 33.2 Å². The van der Waals surface area contributed by atoms with Crippen molar-refractivity contribution in [2.45, 2.75) is 51.4 Å². The summed E-state index contributed by atoms with van der Waals surface area (Å²) < 4.78 is 13.2. The summed E-state index contributed by atoms with van der Waals surface area (Å²) >= 11 is 0. The van der Waals surface area contributed by atoms with Gasteiger partial charge in [0.25, 0.3) is 0 Å². The summed E-state index contributed by atoms with van der Waals surface area (Å²) in [6, 6.07) is 0.809. The molecule has 0 aromatic carbocycles. The van der Waals surface area contributed by atoms with Crippen LogP contribution in [-0.4, -0.2) is 29.7 Å². The molecule has 1 aliphatic heterocycles. The minimum atomic E-state index is -0.507. The summed E-state index contributed by atoms with van der Waals surface area (Å²) in [5, 5.41) is 0. The van der Waals surface area contributed by atoms with E-state index in [1.54, 1.807) is 0 Å². The van der Waals surface area contributed by atoms with Gasteiger partial charge in [-0.15, -0.1) is 0 Å². The van der Waals surface area contributed by atoms with Crippen molar-refractivity contribution in [3.63, 3.8) is 0 Å². The van der Waals surface area contributed by atoms with Crippen LogP contribution in [0.1, 0.15) is 33.1 Å². The summed E-state index contributed by atoms with van der Waals surface area (Å²) in [7, 11) is 0. The second kappa shape index (κ2) is 2.99. The molecule has 1 saturated heterocycles. The molecule has 1 saturated carbocycles. The molecule has 1 aliphatic carbocycles. The molecule has 1 unspecified atom stereocenters. The highest BCUT2D eigenvalue weighted by atomic mass is 19.1. The van der Waals surface area contributed by atoms with Gasteiger partial charge in [-0.25, -0.2) is 4.39 Å². The van der Waals surface area contributed by atoms with Crippen LogP contribution in [0.15, 0.2) is 0 Å².